The zero-order chi connectivity index (χ0) is 28.4. The standard InChI is InChI=1S/C31H34N4O6/c1-40-24-11-10-21-27(28(24)41-2)31(39)35-23-7-4-3-6-20(23)30(38)33(29(21)35)13-12-25(36)32-15-18-14-19(17-32)22-8-5-9-26(37)34(22)16-18/h3-4,6-7,10-11,18-19,22,29H,5,8-9,12-17H2,1-2H3/t18-,19+,22+,29+/m1/s1. The number of anilines is 1. The lowest BCUT2D eigenvalue weighted by Crippen LogP contribution is -2.61. The van der Waals surface area contributed by atoms with E-state index in [4.69, 9.17) is 9.47 Å². The number of fused-ring (bicyclic) bond motifs is 9. The van der Waals surface area contributed by atoms with Gasteiger partial charge in [0.2, 0.25) is 11.8 Å². The van der Waals surface area contributed by atoms with Gasteiger partial charge < -0.3 is 24.2 Å². The monoisotopic (exact) mass is 558 g/mol. The van der Waals surface area contributed by atoms with Gasteiger partial charge in [0.1, 0.15) is 6.17 Å². The normalized spacial score (nSPS) is 26.3. The highest BCUT2D eigenvalue weighted by Gasteiger charge is 2.50. The van der Waals surface area contributed by atoms with Gasteiger partial charge >= 0.3 is 0 Å². The van der Waals surface area contributed by atoms with E-state index in [9.17, 15) is 19.2 Å². The number of carbonyl (C=O) groups is 4. The third-order valence-electron chi connectivity index (χ3n) is 9.58. The Morgan fingerprint density at radius 1 is 0.976 bits per heavy atom. The quantitative estimate of drug-likeness (QED) is 0.560. The van der Waals surface area contributed by atoms with Crippen LogP contribution in [0.5, 0.6) is 11.5 Å². The Morgan fingerprint density at radius 2 is 1.80 bits per heavy atom. The first-order valence-electron chi connectivity index (χ1n) is 14.5. The van der Waals surface area contributed by atoms with Crippen LogP contribution < -0.4 is 14.4 Å². The van der Waals surface area contributed by atoms with Crippen LogP contribution in [0, 0.1) is 11.8 Å². The molecule has 0 aliphatic carbocycles. The number of carbonyl (C=O) groups excluding carboxylic acids is 4. The van der Waals surface area contributed by atoms with Gasteiger partial charge in [-0.2, -0.15) is 0 Å². The van der Waals surface area contributed by atoms with Gasteiger partial charge in [0, 0.05) is 50.6 Å². The zero-order valence-corrected chi connectivity index (χ0v) is 23.4. The van der Waals surface area contributed by atoms with E-state index in [0.29, 0.717) is 59.3 Å². The van der Waals surface area contributed by atoms with Gasteiger partial charge in [0.15, 0.2) is 11.5 Å². The maximum Gasteiger partial charge on any atom is 0.264 e. The van der Waals surface area contributed by atoms with Crippen LogP contribution in [0.4, 0.5) is 5.69 Å². The third kappa shape index (κ3) is 3.90. The summed E-state index contributed by atoms with van der Waals surface area (Å²) in [5, 5.41) is 0. The smallest absolute Gasteiger partial charge is 0.264 e. The number of hydrogen-bond donors (Lipinski definition) is 0. The number of methoxy groups -OCH3 is 2. The van der Waals surface area contributed by atoms with Crippen LogP contribution in [0.3, 0.4) is 0 Å². The van der Waals surface area contributed by atoms with E-state index in [1.54, 1.807) is 40.1 Å². The number of likely N-dealkylation sites (tertiary alicyclic amines) is 1. The van der Waals surface area contributed by atoms with E-state index >= 15 is 0 Å². The number of piperidine rings is 3. The molecule has 0 radical (unpaired) electrons. The summed E-state index contributed by atoms with van der Waals surface area (Å²) in [7, 11) is 3.01. The SMILES string of the molecule is COc1ccc2c(c1OC)C(=O)N1c3ccccc3C(=O)N(CCC(=O)N3C[C@H]4C[C@@H](C3)[C@@H]3CCCC(=O)N3C4)[C@H]21. The molecule has 5 heterocycles. The highest BCUT2D eigenvalue weighted by molar-refractivity contribution is 6.18. The second kappa shape index (κ2) is 9.78. The Labute approximate surface area is 238 Å². The molecule has 3 fully saturated rings. The number of amides is 4. The van der Waals surface area contributed by atoms with E-state index in [2.05, 4.69) is 4.90 Å². The molecule has 0 unspecified atom stereocenters. The van der Waals surface area contributed by atoms with Crippen molar-refractivity contribution in [3.05, 3.63) is 53.1 Å². The highest BCUT2D eigenvalue weighted by atomic mass is 16.5. The largest absolute Gasteiger partial charge is 0.493 e. The number of hydrogen-bond acceptors (Lipinski definition) is 6. The van der Waals surface area contributed by atoms with E-state index in [1.165, 1.54) is 14.2 Å². The maximum absolute atomic E-state index is 13.9. The van der Waals surface area contributed by atoms with Gasteiger partial charge in [-0.3, -0.25) is 24.1 Å². The molecule has 4 amide bonds. The average molecular weight is 559 g/mol. The molecule has 2 aromatic carbocycles. The first-order chi connectivity index (χ1) is 19.9. The van der Waals surface area contributed by atoms with Crippen LogP contribution in [0.2, 0.25) is 0 Å². The zero-order valence-electron chi connectivity index (χ0n) is 23.4. The molecule has 41 heavy (non-hydrogen) atoms. The van der Waals surface area contributed by atoms with Gasteiger partial charge in [-0.15, -0.1) is 0 Å². The Bertz CT molecular complexity index is 1460. The minimum atomic E-state index is -0.685. The number of para-hydroxylation sites is 1. The molecule has 4 atom stereocenters. The fourth-order valence-electron chi connectivity index (χ4n) is 7.84. The Morgan fingerprint density at radius 3 is 2.61 bits per heavy atom. The highest BCUT2D eigenvalue weighted by Crippen LogP contribution is 2.49. The van der Waals surface area contributed by atoms with E-state index in [0.717, 1.165) is 25.8 Å². The van der Waals surface area contributed by atoms with Crippen molar-refractivity contribution in [2.24, 2.45) is 11.8 Å². The van der Waals surface area contributed by atoms with Crippen LogP contribution in [-0.2, 0) is 9.59 Å². The first kappa shape index (κ1) is 25.9. The first-order valence-corrected chi connectivity index (χ1v) is 14.5. The van der Waals surface area contributed by atoms with E-state index < -0.39 is 6.17 Å². The second-order valence-electron chi connectivity index (χ2n) is 11.7. The average Bonchev–Trinajstić information content (AvgIpc) is 3.29. The fraction of sp³-hybridized carbons (Fsp3) is 0.484. The summed E-state index contributed by atoms with van der Waals surface area (Å²) in [6, 6.07) is 10.9. The summed E-state index contributed by atoms with van der Waals surface area (Å²) in [4.78, 5) is 61.2. The summed E-state index contributed by atoms with van der Waals surface area (Å²) in [5.74, 6) is 1.14. The van der Waals surface area contributed by atoms with Crippen molar-refractivity contribution in [2.75, 3.05) is 45.3 Å². The van der Waals surface area contributed by atoms with Crippen molar-refractivity contribution >= 4 is 29.3 Å². The number of nitrogens with zero attached hydrogens (tertiary/aromatic N) is 4. The maximum atomic E-state index is 13.9. The number of ether oxygens (including phenoxy) is 2. The van der Waals surface area contributed by atoms with Crippen LogP contribution >= 0.6 is 0 Å². The minimum Gasteiger partial charge on any atom is -0.493 e. The molecule has 2 bridgehead atoms. The van der Waals surface area contributed by atoms with Gasteiger partial charge in [0.05, 0.1) is 31.0 Å². The molecule has 0 N–H and O–H groups in total. The van der Waals surface area contributed by atoms with Crippen molar-refractivity contribution in [3.8, 4) is 11.5 Å². The van der Waals surface area contributed by atoms with Crippen molar-refractivity contribution in [1.82, 2.24) is 14.7 Å². The molecular weight excluding hydrogens is 524 g/mol. The lowest BCUT2D eigenvalue weighted by Gasteiger charge is -2.52. The van der Waals surface area contributed by atoms with Crippen LogP contribution in [0.15, 0.2) is 36.4 Å². The van der Waals surface area contributed by atoms with Crippen LogP contribution in [0.1, 0.15) is 64.5 Å². The second-order valence-corrected chi connectivity index (χ2v) is 11.7. The molecular formula is C31H34N4O6. The molecule has 0 spiro atoms. The molecule has 7 rings (SSSR count). The predicted octanol–water partition coefficient (Wildman–Crippen LogP) is 3.07. The molecule has 10 heteroatoms. The van der Waals surface area contributed by atoms with Crippen molar-refractivity contribution in [1.29, 1.82) is 0 Å². The van der Waals surface area contributed by atoms with Crippen LogP contribution in [-0.4, -0.2) is 84.8 Å². The Kier molecular flexibility index (Phi) is 6.17. The third-order valence-corrected chi connectivity index (χ3v) is 9.58. The van der Waals surface area contributed by atoms with Crippen molar-refractivity contribution < 1.29 is 28.7 Å². The molecule has 2 aromatic rings. The van der Waals surface area contributed by atoms with Crippen molar-refractivity contribution in [3.63, 3.8) is 0 Å². The summed E-state index contributed by atoms with van der Waals surface area (Å²) < 4.78 is 11.1. The van der Waals surface area contributed by atoms with Gasteiger partial charge in [-0.25, -0.2) is 0 Å². The lowest BCUT2D eigenvalue weighted by molar-refractivity contribution is -0.148. The van der Waals surface area contributed by atoms with Crippen molar-refractivity contribution in [2.45, 2.75) is 44.3 Å². The molecule has 0 aromatic heterocycles. The summed E-state index contributed by atoms with van der Waals surface area (Å²) in [5.41, 5.74) is 1.99. The summed E-state index contributed by atoms with van der Waals surface area (Å²) in [6.45, 7) is 2.19. The molecule has 5 aliphatic rings. The molecule has 214 valence electrons. The molecule has 10 nitrogen and oxygen atoms in total. The van der Waals surface area contributed by atoms with E-state index in [-0.39, 0.29) is 48.6 Å². The Balaban J connectivity index is 1.16. The van der Waals surface area contributed by atoms with Gasteiger partial charge in [-0.05, 0) is 49.3 Å². The lowest BCUT2D eigenvalue weighted by atomic mass is 9.76. The predicted molar refractivity (Wildman–Crippen MR) is 149 cm³/mol. The summed E-state index contributed by atoms with van der Waals surface area (Å²) >= 11 is 0. The topological polar surface area (TPSA) is 99.7 Å². The Hall–Kier alpha value is -4.08. The summed E-state index contributed by atoms with van der Waals surface area (Å²) in [6.07, 6.45) is 3.08. The minimum absolute atomic E-state index is 0.00496. The molecule has 0 saturated carbocycles. The fourth-order valence-corrected chi connectivity index (χ4v) is 7.84. The van der Waals surface area contributed by atoms with Crippen LogP contribution in [0.25, 0.3) is 0 Å². The van der Waals surface area contributed by atoms with E-state index in [1.807, 2.05) is 11.0 Å². The number of rotatable bonds is 5. The molecule has 3 saturated heterocycles. The molecule has 5 aliphatic heterocycles. The van der Waals surface area contributed by atoms with Gasteiger partial charge in [0.25, 0.3) is 11.8 Å². The van der Waals surface area contributed by atoms with Gasteiger partial charge in [-0.1, -0.05) is 18.2 Å². The number of benzene rings is 2.